The summed E-state index contributed by atoms with van der Waals surface area (Å²) in [4.78, 5) is 16.3. The lowest BCUT2D eigenvalue weighted by molar-refractivity contribution is -0.120. The second-order valence-electron chi connectivity index (χ2n) is 5.49. The summed E-state index contributed by atoms with van der Waals surface area (Å²) >= 11 is 0. The number of amides is 1. The molecule has 4 nitrogen and oxygen atoms in total. The first-order valence-corrected chi connectivity index (χ1v) is 7.88. The van der Waals surface area contributed by atoms with Crippen molar-refractivity contribution in [2.24, 2.45) is 10.9 Å². The predicted molar refractivity (Wildman–Crippen MR) is 89.5 cm³/mol. The van der Waals surface area contributed by atoms with Crippen molar-refractivity contribution in [1.29, 1.82) is 0 Å². The number of benzene rings is 2. The minimum Gasteiger partial charge on any atom is -0.494 e. The minimum atomic E-state index is -0.233. The van der Waals surface area contributed by atoms with E-state index in [4.69, 9.17) is 4.74 Å². The van der Waals surface area contributed by atoms with Gasteiger partial charge >= 0.3 is 0 Å². The zero-order valence-electron chi connectivity index (χ0n) is 13.2. The number of hydrogen-bond acceptors (Lipinski definition) is 3. The first kappa shape index (κ1) is 15.4. The van der Waals surface area contributed by atoms with E-state index < -0.39 is 0 Å². The molecule has 0 aliphatic carbocycles. The molecule has 3 rings (SSSR count). The lowest BCUT2D eigenvalue weighted by atomic mass is 10.0. The lowest BCUT2D eigenvalue weighted by Crippen LogP contribution is -2.37. The van der Waals surface area contributed by atoms with Crippen LogP contribution in [-0.4, -0.2) is 19.1 Å². The Bertz CT molecular complexity index is 800. The van der Waals surface area contributed by atoms with E-state index in [0.29, 0.717) is 13.2 Å². The van der Waals surface area contributed by atoms with Crippen LogP contribution in [0.15, 0.2) is 53.5 Å². The van der Waals surface area contributed by atoms with Gasteiger partial charge in [-0.3, -0.25) is 4.79 Å². The number of ether oxygens (including phenoxy) is 1. The van der Waals surface area contributed by atoms with Gasteiger partial charge in [0, 0.05) is 18.3 Å². The fraction of sp³-hybridized carbons (Fsp3) is 0.263. The van der Waals surface area contributed by atoms with Crippen LogP contribution in [0.5, 0.6) is 5.75 Å². The summed E-state index contributed by atoms with van der Waals surface area (Å²) in [5, 5.41) is 5.01. The van der Waals surface area contributed by atoms with Crippen LogP contribution >= 0.6 is 0 Å². The maximum atomic E-state index is 12.1. The molecule has 1 heterocycles. The molecule has 0 saturated carbocycles. The molecule has 0 radical (unpaired) electrons. The zero-order valence-corrected chi connectivity index (χ0v) is 13.2. The molecule has 1 amide bonds. The molecule has 1 aliphatic rings. The van der Waals surface area contributed by atoms with Crippen LogP contribution in [0.1, 0.15) is 12.5 Å². The molecule has 1 atom stereocenters. The van der Waals surface area contributed by atoms with Crippen LogP contribution in [0.2, 0.25) is 0 Å². The average molecular weight is 308 g/mol. The summed E-state index contributed by atoms with van der Waals surface area (Å²) in [6.07, 6.45) is 1.98. The summed E-state index contributed by atoms with van der Waals surface area (Å²) in [6, 6.07) is 15.8. The highest BCUT2D eigenvalue weighted by atomic mass is 16.5. The van der Waals surface area contributed by atoms with E-state index in [1.54, 1.807) is 0 Å². The lowest BCUT2D eigenvalue weighted by Gasteiger charge is -2.14. The van der Waals surface area contributed by atoms with E-state index in [-0.39, 0.29) is 11.8 Å². The predicted octanol–water partition coefficient (Wildman–Crippen LogP) is 1.43. The van der Waals surface area contributed by atoms with Crippen LogP contribution in [-0.2, 0) is 11.3 Å². The topological polar surface area (TPSA) is 50.7 Å². The van der Waals surface area contributed by atoms with Gasteiger partial charge in [0.25, 0.3) is 5.91 Å². The molecule has 0 saturated heterocycles. The summed E-state index contributed by atoms with van der Waals surface area (Å²) in [6.45, 7) is 3.89. The van der Waals surface area contributed by atoms with Gasteiger partial charge in [-0.15, -0.1) is 0 Å². The van der Waals surface area contributed by atoms with E-state index in [2.05, 4.69) is 22.4 Å². The fourth-order valence-electron chi connectivity index (χ4n) is 2.63. The molecule has 0 spiro atoms. The number of nitrogens with zero attached hydrogens (tertiary/aromatic N) is 1. The maximum Gasteiger partial charge on any atom is 0.254 e. The van der Waals surface area contributed by atoms with Crippen LogP contribution in [0, 0.1) is 5.92 Å². The van der Waals surface area contributed by atoms with Gasteiger partial charge in [-0.2, -0.15) is 0 Å². The van der Waals surface area contributed by atoms with Gasteiger partial charge in [0.15, 0.2) is 0 Å². The van der Waals surface area contributed by atoms with Gasteiger partial charge in [0.05, 0.1) is 17.9 Å². The molecule has 2 aromatic rings. The molecule has 4 heteroatoms. The monoisotopic (exact) mass is 308 g/mol. The van der Waals surface area contributed by atoms with Crippen molar-refractivity contribution in [3.05, 3.63) is 64.7 Å². The SMILES string of the molecule is CCOc1ccc2c(c1)=CC(CNCc1ccccc1)C(=O)N=2. The summed E-state index contributed by atoms with van der Waals surface area (Å²) < 4.78 is 5.51. The second kappa shape index (κ2) is 7.20. The van der Waals surface area contributed by atoms with Crippen LogP contribution < -0.4 is 20.6 Å². The van der Waals surface area contributed by atoms with E-state index in [9.17, 15) is 4.79 Å². The third kappa shape index (κ3) is 3.85. The van der Waals surface area contributed by atoms with Crippen molar-refractivity contribution >= 4 is 12.0 Å². The highest BCUT2D eigenvalue weighted by Gasteiger charge is 2.18. The number of carbonyl (C=O) groups is 1. The first-order valence-electron chi connectivity index (χ1n) is 7.88. The summed E-state index contributed by atoms with van der Waals surface area (Å²) in [7, 11) is 0. The van der Waals surface area contributed by atoms with Gasteiger partial charge in [-0.05, 0) is 30.7 Å². The van der Waals surface area contributed by atoms with Crippen molar-refractivity contribution < 1.29 is 9.53 Å². The number of nitrogens with one attached hydrogen (secondary N) is 1. The fourth-order valence-corrected chi connectivity index (χ4v) is 2.63. The van der Waals surface area contributed by atoms with Crippen molar-refractivity contribution in [3.8, 4) is 5.75 Å². The van der Waals surface area contributed by atoms with E-state index >= 15 is 0 Å². The van der Waals surface area contributed by atoms with Gasteiger partial charge < -0.3 is 10.1 Å². The summed E-state index contributed by atoms with van der Waals surface area (Å²) in [5.74, 6) is 0.480. The molecule has 118 valence electrons. The Morgan fingerprint density at radius 2 is 2.00 bits per heavy atom. The van der Waals surface area contributed by atoms with Crippen molar-refractivity contribution in [3.63, 3.8) is 0 Å². The average Bonchev–Trinajstić information content (AvgIpc) is 2.57. The van der Waals surface area contributed by atoms with Crippen LogP contribution in [0.25, 0.3) is 6.08 Å². The largest absolute Gasteiger partial charge is 0.494 e. The molecule has 1 N–H and O–H groups in total. The number of hydrogen-bond donors (Lipinski definition) is 1. The van der Waals surface area contributed by atoms with Gasteiger partial charge in [0.2, 0.25) is 0 Å². The van der Waals surface area contributed by atoms with Crippen molar-refractivity contribution in [1.82, 2.24) is 5.32 Å². The molecule has 0 fully saturated rings. The molecule has 23 heavy (non-hydrogen) atoms. The molecule has 1 aliphatic heterocycles. The van der Waals surface area contributed by atoms with Crippen molar-refractivity contribution in [2.45, 2.75) is 13.5 Å². The maximum absolute atomic E-state index is 12.1. The molecular formula is C19H20N2O2. The minimum absolute atomic E-state index is 0.0952. The third-order valence-electron chi connectivity index (χ3n) is 3.77. The molecule has 1 unspecified atom stereocenters. The molecular weight excluding hydrogens is 288 g/mol. The number of carbonyl (C=O) groups excluding carboxylic acids is 1. The molecule has 0 bridgehead atoms. The number of rotatable bonds is 6. The molecule has 2 aromatic carbocycles. The quantitative estimate of drug-likeness (QED) is 0.878. The number of fused-ring (bicyclic) bond motifs is 1. The van der Waals surface area contributed by atoms with Gasteiger partial charge in [0.1, 0.15) is 5.75 Å². The Balaban J connectivity index is 1.71. The Morgan fingerprint density at radius 3 is 2.78 bits per heavy atom. The van der Waals surface area contributed by atoms with E-state index in [0.717, 1.165) is 22.9 Å². The van der Waals surface area contributed by atoms with E-state index in [1.807, 2.05) is 49.4 Å². The van der Waals surface area contributed by atoms with Gasteiger partial charge in [-0.25, -0.2) is 4.99 Å². The zero-order chi connectivity index (χ0) is 16.1. The molecule has 0 aromatic heterocycles. The Morgan fingerprint density at radius 1 is 1.17 bits per heavy atom. The Labute approximate surface area is 135 Å². The van der Waals surface area contributed by atoms with E-state index in [1.165, 1.54) is 5.56 Å². The third-order valence-corrected chi connectivity index (χ3v) is 3.77. The Hall–Kier alpha value is -2.46. The second-order valence-corrected chi connectivity index (χ2v) is 5.49. The van der Waals surface area contributed by atoms with Crippen molar-refractivity contribution in [2.75, 3.05) is 13.2 Å². The summed E-state index contributed by atoms with van der Waals surface area (Å²) in [5.41, 5.74) is 1.20. The highest BCUT2D eigenvalue weighted by Crippen LogP contribution is 2.08. The first-order chi connectivity index (χ1) is 11.3. The normalized spacial score (nSPS) is 16.2. The Kier molecular flexibility index (Phi) is 4.83. The van der Waals surface area contributed by atoms with Crippen LogP contribution in [0.4, 0.5) is 0 Å². The van der Waals surface area contributed by atoms with Gasteiger partial charge in [-0.1, -0.05) is 36.4 Å². The smallest absolute Gasteiger partial charge is 0.254 e. The van der Waals surface area contributed by atoms with Crippen LogP contribution in [0.3, 0.4) is 0 Å². The highest BCUT2D eigenvalue weighted by molar-refractivity contribution is 5.86. The standard InChI is InChI=1S/C19H20N2O2/c1-2-23-17-8-9-18-15(11-17)10-16(19(22)21-18)13-20-12-14-6-4-3-5-7-14/h3-11,16,20H,2,12-13H2,1H3.